The number of halogens is 1. The number of carbonyl (C=O) groups excluding carboxylic acids is 1. The van der Waals surface area contributed by atoms with Crippen molar-refractivity contribution in [3.63, 3.8) is 0 Å². The molecule has 1 atom stereocenters. The molecule has 0 bridgehead atoms. The molecule has 19 heavy (non-hydrogen) atoms. The van der Waals surface area contributed by atoms with E-state index >= 15 is 0 Å². The monoisotopic (exact) mass is 282 g/mol. The number of nitrogens with two attached hydrogens (primary N) is 1. The molecular formula is C14H19ClN2O2. The van der Waals surface area contributed by atoms with E-state index in [-0.39, 0.29) is 17.6 Å². The Morgan fingerprint density at radius 2 is 2.11 bits per heavy atom. The van der Waals surface area contributed by atoms with E-state index in [4.69, 9.17) is 22.1 Å². The molecule has 1 saturated heterocycles. The van der Waals surface area contributed by atoms with Crippen LogP contribution in [0.4, 0.5) is 0 Å². The smallest absolute Gasteiger partial charge is 0.254 e. The number of hydrogen-bond acceptors (Lipinski definition) is 3. The number of hydrogen-bond donors (Lipinski definition) is 1. The van der Waals surface area contributed by atoms with Gasteiger partial charge in [-0.3, -0.25) is 4.79 Å². The van der Waals surface area contributed by atoms with Crippen LogP contribution < -0.4 is 5.73 Å². The van der Waals surface area contributed by atoms with Crippen LogP contribution >= 0.6 is 11.6 Å². The van der Waals surface area contributed by atoms with E-state index in [1.54, 1.807) is 24.3 Å². The Labute approximate surface area is 118 Å². The van der Waals surface area contributed by atoms with Crippen molar-refractivity contribution in [3.05, 3.63) is 34.9 Å². The first-order valence-corrected chi connectivity index (χ1v) is 6.71. The average Bonchev–Trinajstić information content (AvgIpc) is 2.39. The maximum atomic E-state index is 12.6. The lowest BCUT2D eigenvalue weighted by Crippen LogP contribution is -2.59. The van der Waals surface area contributed by atoms with Crippen LogP contribution in [0, 0.1) is 0 Å². The number of nitrogens with zero attached hydrogens (tertiary/aromatic N) is 1. The third kappa shape index (κ3) is 3.08. The number of benzene rings is 1. The van der Waals surface area contributed by atoms with Crippen LogP contribution in [0.2, 0.25) is 5.02 Å². The van der Waals surface area contributed by atoms with E-state index in [2.05, 4.69) is 0 Å². The van der Waals surface area contributed by atoms with E-state index in [9.17, 15) is 4.79 Å². The van der Waals surface area contributed by atoms with Gasteiger partial charge in [0.1, 0.15) is 0 Å². The first kappa shape index (κ1) is 14.3. The Hall–Kier alpha value is -1.10. The van der Waals surface area contributed by atoms with Crippen LogP contribution in [-0.4, -0.2) is 42.1 Å². The largest absolute Gasteiger partial charge is 0.373 e. The van der Waals surface area contributed by atoms with Gasteiger partial charge in [0.05, 0.1) is 18.2 Å². The van der Waals surface area contributed by atoms with Crippen molar-refractivity contribution in [2.75, 3.05) is 19.7 Å². The minimum Gasteiger partial charge on any atom is -0.373 e. The number of rotatable bonds is 2. The fraction of sp³-hybridized carbons (Fsp3) is 0.500. The topological polar surface area (TPSA) is 55.6 Å². The molecule has 1 fully saturated rings. The molecule has 0 aromatic heterocycles. The van der Waals surface area contributed by atoms with Gasteiger partial charge in [-0.25, -0.2) is 0 Å². The van der Waals surface area contributed by atoms with Gasteiger partial charge < -0.3 is 15.4 Å². The average molecular weight is 283 g/mol. The van der Waals surface area contributed by atoms with Crippen molar-refractivity contribution in [2.24, 2.45) is 5.73 Å². The second kappa shape index (κ2) is 5.49. The molecular weight excluding hydrogens is 264 g/mol. The summed E-state index contributed by atoms with van der Waals surface area (Å²) in [5.41, 5.74) is 5.94. The van der Waals surface area contributed by atoms with Gasteiger partial charge in [-0.2, -0.15) is 0 Å². The van der Waals surface area contributed by atoms with Crippen LogP contribution in [0.15, 0.2) is 24.3 Å². The van der Waals surface area contributed by atoms with Crippen molar-refractivity contribution in [1.29, 1.82) is 0 Å². The summed E-state index contributed by atoms with van der Waals surface area (Å²) < 4.78 is 5.64. The van der Waals surface area contributed by atoms with Crippen LogP contribution in [0.1, 0.15) is 24.2 Å². The van der Waals surface area contributed by atoms with Crippen molar-refractivity contribution in [2.45, 2.75) is 25.5 Å². The summed E-state index contributed by atoms with van der Waals surface area (Å²) in [7, 11) is 0. The van der Waals surface area contributed by atoms with E-state index in [1.165, 1.54) is 0 Å². The van der Waals surface area contributed by atoms with Crippen molar-refractivity contribution < 1.29 is 9.53 Å². The predicted octanol–water partition coefficient (Wildman–Crippen LogP) is 1.92. The van der Waals surface area contributed by atoms with Gasteiger partial charge in [0.25, 0.3) is 5.91 Å². The van der Waals surface area contributed by atoms with E-state index in [0.717, 1.165) is 0 Å². The zero-order valence-corrected chi connectivity index (χ0v) is 12.0. The van der Waals surface area contributed by atoms with Crippen LogP contribution in [-0.2, 0) is 4.74 Å². The van der Waals surface area contributed by atoms with E-state index in [1.807, 2.05) is 18.7 Å². The molecule has 1 aliphatic rings. The molecule has 0 aliphatic carbocycles. The number of amides is 1. The molecule has 104 valence electrons. The van der Waals surface area contributed by atoms with Crippen LogP contribution in [0.5, 0.6) is 0 Å². The Morgan fingerprint density at radius 3 is 2.68 bits per heavy atom. The zero-order valence-electron chi connectivity index (χ0n) is 11.2. The molecule has 1 aromatic carbocycles. The second-order valence-corrected chi connectivity index (χ2v) is 5.84. The SMILES string of the molecule is CC1(C)COC(CN)CN1C(=O)c1ccc(Cl)cc1. The molecule has 5 heteroatoms. The Kier molecular flexibility index (Phi) is 4.13. The molecule has 0 saturated carbocycles. The fourth-order valence-electron chi connectivity index (χ4n) is 2.15. The standard InChI is InChI=1S/C14H19ClN2O2/c1-14(2)9-19-12(7-16)8-17(14)13(18)10-3-5-11(15)6-4-10/h3-6,12H,7-9,16H2,1-2H3. The summed E-state index contributed by atoms with van der Waals surface area (Å²) in [6.07, 6.45) is -0.0933. The maximum Gasteiger partial charge on any atom is 0.254 e. The fourth-order valence-corrected chi connectivity index (χ4v) is 2.28. The van der Waals surface area contributed by atoms with Crippen molar-refractivity contribution >= 4 is 17.5 Å². The Balaban J connectivity index is 2.22. The Morgan fingerprint density at radius 1 is 1.47 bits per heavy atom. The molecule has 0 spiro atoms. The highest BCUT2D eigenvalue weighted by molar-refractivity contribution is 6.30. The predicted molar refractivity (Wildman–Crippen MR) is 75.4 cm³/mol. The van der Waals surface area contributed by atoms with E-state index < -0.39 is 0 Å². The van der Waals surface area contributed by atoms with E-state index in [0.29, 0.717) is 30.3 Å². The highest BCUT2D eigenvalue weighted by Crippen LogP contribution is 2.24. The zero-order chi connectivity index (χ0) is 14.0. The van der Waals surface area contributed by atoms with Crippen molar-refractivity contribution in [3.8, 4) is 0 Å². The number of ether oxygens (including phenoxy) is 1. The lowest BCUT2D eigenvalue weighted by Gasteiger charge is -2.45. The van der Waals surface area contributed by atoms with Gasteiger partial charge in [-0.15, -0.1) is 0 Å². The first-order chi connectivity index (χ1) is 8.94. The van der Waals surface area contributed by atoms with Crippen LogP contribution in [0.25, 0.3) is 0 Å². The molecule has 4 nitrogen and oxygen atoms in total. The molecule has 1 amide bonds. The number of carbonyl (C=O) groups is 1. The summed E-state index contributed by atoms with van der Waals surface area (Å²) in [5.74, 6) is -0.0107. The molecule has 1 heterocycles. The van der Waals surface area contributed by atoms with Gasteiger partial charge >= 0.3 is 0 Å². The van der Waals surface area contributed by atoms with Gasteiger partial charge in [-0.1, -0.05) is 11.6 Å². The minimum absolute atomic E-state index is 0.0107. The molecule has 2 rings (SSSR count). The molecule has 2 N–H and O–H groups in total. The third-order valence-electron chi connectivity index (χ3n) is 3.39. The lowest BCUT2D eigenvalue weighted by atomic mass is 9.99. The van der Waals surface area contributed by atoms with Crippen LogP contribution in [0.3, 0.4) is 0 Å². The maximum absolute atomic E-state index is 12.6. The van der Waals surface area contributed by atoms with Gasteiger partial charge in [0.15, 0.2) is 0 Å². The summed E-state index contributed by atoms with van der Waals surface area (Å²) >= 11 is 5.84. The first-order valence-electron chi connectivity index (χ1n) is 6.33. The summed E-state index contributed by atoms with van der Waals surface area (Å²) in [6, 6.07) is 6.94. The highest BCUT2D eigenvalue weighted by Gasteiger charge is 2.37. The lowest BCUT2D eigenvalue weighted by molar-refractivity contribution is -0.0788. The summed E-state index contributed by atoms with van der Waals surface area (Å²) in [6.45, 7) is 5.42. The van der Waals surface area contributed by atoms with Gasteiger partial charge in [0, 0.05) is 23.7 Å². The quantitative estimate of drug-likeness (QED) is 0.902. The Bertz CT molecular complexity index is 459. The minimum atomic E-state index is -0.331. The molecule has 1 unspecified atom stereocenters. The van der Waals surface area contributed by atoms with Gasteiger partial charge in [0.2, 0.25) is 0 Å². The second-order valence-electron chi connectivity index (χ2n) is 5.40. The summed E-state index contributed by atoms with van der Waals surface area (Å²) in [5, 5.41) is 0.623. The highest BCUT2D eigenvalue weighted by atomic mass is 35.5. The molecule has 0 radical (unpaired) electrons. The summed E-state index contributed by atoms with van der Waals surface area (Å²) in [4.78, 5) is 14.4. The third-order valence-corrected chi connectivity index (χ3v) is 3.64. The normalized spacial score (nSPS) is 22.3. The molecule has 1 aliphatic heterocycles. The molecule has 1 aromatic rings. The van der Waals surface area contributed by atoms with Crippen molar-refractivity contribution in [1.82, 2.24) is 4.90 Å². The number of morpholine rings is 1. The van der Waals surface area contributed by atoms with Gasteiger partial charge in [-0.05, 0) is 38.1 Å².